The number of rotatable bonds is 3. The molecule has 0 spiro atoms. The number of nitrogens with zero attached hydrogens (tertiary/aromatic N) is 2. The van der Waals surface area contributed by atoms with Crippen LogP contribution in [0.5, 0.6) is 0 Å². The van der Waals surface area contributed by atoms with Crippen LogP contribution in [0.15, 0.2) is 109 Å². The van der Waals surface area contributed by atoms with Crippen LogP contribution in [0.4, 0.5) is 34.1 Å². The minimum atomic E-state index is -0.0207. The first-order valence-electron chi connectivity index (χ1n) is 22.3. The Hall–Kier alpha value is -5.02. The van der Waals surface area contributed by atoms with Gasteiger partial charge in [-0.15, -0.1) is 0 Å². The van der Waals surface area contributed by atoms with Gasteiger partial charge in [-0.05, 0) is 151 Å². The Bertz CT molecular complexity index is 2710. The molecule has 306 valence electrons. The third-order valence-electron chi connectivity index (χ3n) is 14.0. The Balaban J connectivity index is 1.37. The average molecular weight is 789 g/mol. The molecule has 0 fully saturated rings. The van der Waals surface area contributed by atoms with Crippen LogP contribution in [-0.2, 0) is 27.1 Å². The van der Waals surface area contributed by atoms with Gasteiger partial charge in [-0.3, -0.25) is 0 Å². The lowest BCUT2D eigenvalue weighted by molar-refractivity contribution is 0.403. The normalized spacial score (nSPS) is 16.4. The molecule has 2 aliphatic heterocycles. The van der Waals surface area contributed by atoms with Crippen LogP contribution in [0.3, 0.4) is 0 Å². The van der Waals surface area contributed by atoms with Gasteiger partial charge in [0.1, 0.15) is 0 Å². The lowest BCUT2D eigenvalue weighted by Gasteiger charge is -2.45. The lowest BCUT2D eigenvalue weighted by Crippen LogP contribution is -2.61. The summed E-state index contributed by atoms with van der Waals surface area (Å²) in [6.45, 7) is 35.3. The molecule has 6 aromatic carbocycles. The first kappa shape index (κ1) is 40.4. The van der Waals surface area contributed by atoms with Gasteiger partial charge in [0.15, 0.2) is 0 Å². The fourth-order valence-corrected chi connectivity index (χ4v) is 11.0. The molecule has 6 aromatic rings. The molecule has 2 nitrogen and oxygen atoms in total. The molecule has 0 radical (unpaired) electrons. The molecule has 0 saturated heterocycles. The van der Waals surface area contributed by atoms with E-state index in [9.17, 15) is 0 Å². The van der Waals surface area contributed by atoms with Gasteiger partial charge in [0.05, 0.1) is 5.69 Å². The van der Waals surface area contributed by atoms with E-state index < -0.39 is 0 Å². The summed E-state index contributed by atoms with van der Waals surface area (Å²) in [6.07, 6.45) is 1.15. The van der Waals surface area contributed by atoms with E-state index in [1.54, 1.807) is 0 Å². The molecule has 0 amide bonds. The van der Waals surface area contributed by atoms with E-state index in [4.69, 9.17) is 0 Å². The highest BCUT2D eigenvalue weighted by atomic mass is 15.2. The van der Waals surface area contributed by atoms with Crippen LogP contribution in [0.2, 0.25) is 0 Å². The Morgan fingerprint density at radius 1 is 0.450 bits per heavy atom. The summed E-state index contributed by atoms with van der Waals surface area (Å²) in [5.41, 5.74) is 24.0. The standard InChI is InChI=1S/C57H65BN2/c1-35-16-26-48-46(28-35)58-45-25-20-40(55(9,10)11)33-49(45)60(51-30-36(2)29-50(52(51)58)59(48)41-22-18-38(19-23-41)53(3,4)5)47-27-21-39(54(6,7)8)32-42(47)37-17-24-43-44(31-37)57(14,15)34-56(43,12)13/h16-33H,34H2,1-15H3. The summed E-state index contributed by atoms with van der Waals surface area (Å²) in [7, 11) is 0. The summed E-state index contributed by atoms with van der Waals surface area (Å²) >= 11 is 0. The first-order chi connectivity index (χ1) is 27.9. The van der Waals surface area contributed by atoms with Gasteiger partial charge in [-0.1, -0.05) is 156 Å². The molecule has 3 aliphatic rings. The predicted molar refractivity (Wildman–Crippen MR) is 262 cm³/mol. The van der Waals surface area contributed by atoms with E-state index in [0.29, 0.717) is 0 Å². The quantitative estimate of drug-likeness (QED) is 0.165. The summed E-state index contributed by atoms with van der Waals surface area (Å²) in [6, 6.07) is 43.5. The Morgan fingerprint density at radius 2 is 1.02 bits per heavy atom. The van der Waals surface area contributed by atoms with Gasteiger partial charge in [0.25, 0.3) is 6.71 Å². The van der Waals surface area contributed by atoms with Crippen molar-refractivity contribution in [3.63, 3.8) is 0 Å². The maximum Gasteiger partial charge on any atom is 0.252 e. The fourth-order valence-electron chi connectivity index (χ4n) is 11.0. The van der Waals surface area contributed by atoms with E-state index >= 15 is 0 Å². The minimum absolute atomic E-state index is 0.0112. The second-order valence-electron chi connectivity index (χ2n) is 22.9. The molecule has 9 rings (SSSR count). The molecule has 1 aliphatic carbocycles. The Kier molecular flexibility index (Phi) is 8.91. The molecule has 0 N–H and O–H groups in total. The molecule has 3 heteroatoms. The van der Waals surface area contributed by atoms with E-state index in [2.05, 4.69) is 223 Å². The van der Waals surface area contributed by atoms with Crippen LogP contribution < -0.4 is 26.2 Å². The highest BCUT2D eigenvalue weighted by molar-refractivity contribution is 7.00. The Morgan fingerprint density at radius 3 is 1.67 bits per heavy atom. The zero-order valence-corrected chi connectivity index (χ0v) is 39.1. The number of hydrogen-bond acceptors (Lipinski definition) is 2. The molecule has 60 heavy (non-hydrogen) atoms. The number of benzene rings is 6. The van der Waals surface area contributed by atoms with Crippen LogP contribution in [0.1, 0.15) is 135 Å². The van der Waals surface area contributed by atoms with E-state index in [-0.39, 0.29) is 33.8 Å². The van der Waals surface area contributed by atoms with Gasteiger partial charge >= 0.3 is 0 Å². The van der Waals surface area contributed by atoms with Crippen molar-refractivity contribution in [3.05, 3.63) is 148 Å². The molecule has 0 unspecified atom stereocenters. The third kappa shape index (κ3) is 6.45. The van der Waals surface area contributed by atoms with Crippen molar-refractivity contribution in [3.8, 4) is 11.1 Å². The largest absolute Gasteiger partial charge is 0.311 e. The maximum atomic E-state index is 2.65. The van der Waals surface area contributed by atoms with Crippen molar-refractivity contribution in [1.29, 1.82) is 0 Å². The van der Waals surface area contributed by atoms with Gasteiger partial charge < -0.3 is 9.80 Å². The molecule has 2 heterocycles. The third-order valence-corrected chi connectivity index (χ3v) is 14.0. The van der Waals surface area contributed by atoms with Crippen LogP contribution in [0, 0.1) is 13.8 Å². The van der Waals surface area contributed by atoms with Crippen molar-refractivity contribution in [2.24, 2.45) is 0 Å². The number of fused-ring (bicyclic) bond motifs is 5. The second-order valence-corrected chi connectivity index (χ2v) is 22.9. The van der Waals surface area contributed by atoms with Gasteiger partial charge in [-0.2, -0.15) is 0 Å². The molecule has 0 atom stereocenters. The zero-order valence-electron chi connectivity index (χ0n) is 39.1. The highest BCUT2D eigenvalue weighted by Crippen LogP contribution is 2.52. The number of aryl methyl sites for hydroxylation is 2. The minimum Gasteiger partial charge on any atom is -0.311 e. The van der Waals surface area contributed by atoms with Gasteiger partial charge in [-0.25, -0.2) is 0 Å². The lowest BCUT2D eigenvalue weighted by atomic mass is 9.33. The molecule has 0 aromatic heterocycles. The molecule has 0 saturated carbocycles. The number of anilines is 6. The smallest absolute Gasteiger partial charge is 0.252 e. The number of hydrogen-bond donors (Lipinski definition) is 0. The molecular weight excluding hydrogens is 723 g/mol. The van der Waals surface area contributed by atoms with Crippen LogP contribution in [0.25, 0.3) is 11.1 Å². The topological polar surface area (TPSA) is 6.48 Å². The van der Waals surface area contributed by atoms with Crippen molar-refractivity contribution < 1.29 is 0 Å². The van der Waals surface area contributed by atoms with Crippen molar-refractivity contribution in [1.82, 2.24) is 0 Å². The van der Waals surface area contributed by atoms with Crippen molar-refractivity contribution in [2.45, 2.75) is 137 Å². The summed E-state index contributed by atoms with van der Waals surface area (Å²) in [5, 5.41) is 0. The Labute approximate surface area is 362 Å². The van der Waals surface area contributed by atoms with Crippen molar-refractivity contribution >= 4 is 57.2 Å². The van der Waals surface area contributed by atoms with Gasteiger partial charge in [0, 0.05) is 34.0 Å². The summed E-state index contributed by atoms with van der Waals surface area (Å²) < 4.78 is 0. The summed E-state index contributed by atoms with van der Waals surface area (Å²) in [4.78, 5) is 5.20. The van der Waals surface area contributed by atoms with E-state index in [1.165, 1.54) is 101 Å². The maximum absolute atomic E-state index is 2.65. The molecule has 0 bridgehead atoms. The average Bonchev–Trinajstić information content (AvgIpc) is 3.35. The molecular formula is C57H65BN2. The van der Waals surface area contributed by atoms with E-state index in [1.807, 2.05) is 0 Å². The van der Waals surface area contributed by atoms with Gasteiger partial charge in [0.2, 0.25) is 0 Å². The monoisotopic (exact) mass is 789 g/mol. The highest BCUT2D eigenvalue weighted by Gasteiger charge is 2.45. The van der Waals surface area contributed by atoms with Crippen LogP contribution >= 0.6 is 0 Å². The SMILES string of the molecule is Cc1ccc2c(c1)B1c3ccc(C(C)(C)C)cc3N(c3ccc(C(C)(C)C)cc3-c3ccc4c(c3)C(C)(C)CC4(C)C)c3cc(C)cc(c31)N2c1ccc(C(C)(C)C)cc1. The predicted octanol–water partition coefficient (Wildman–Crippen LogP) is 13.9. The fraction of sp³-hybridized carbons (Fsp3) is 0.368. The second kappa shape index (κ2) is 13.2. The van der Waals surface area contributed by atoms with Crippen LogP contribution in [-0.4, -0.2) is 6.71 Å². The zero-order chi connectivity index (χ0) is 43.1. The summed E-state index contributed by atoms with van der Waals surface area (Å²) in [5.74, 6) is 0. The first-order valence-corrected chi connectivity index (χ1v) is 22.3. The van der Waals surface area contributed by atoms with Crippen molar-refractivity contribution in [2.75, 3.05) is 9.80 Å². The van der Waals surface area contributed by atoms with E-state index in [0.717, 1.165) is 6.42 Å².